The lowest BCUT2D eigenvalue weighted by atomic mass is 10.2. The van der Waals surface area contributed by atoms with E-state index in [4.69, 9.17) is 11.6 Å². The Labute approximate surface area is 188 Å². The van der Waals surface area contributed by atoms with Gasteiger partial charge in [-0.3, -0.25) is 4.79 Å². The number of hydrogen-bond donors (Lipinski definition) is 1. The van der Waals surface area contributed by atoms with Crippen molar-refractivity contribution in [3.63, 3.8) is 0 Å². The molecule has 0 saturated carbocycles. The molecule has 1 N–H and O–H groups in total. The fraction of sp³-hybridized carbons (Fsp3) is 0.381. The number of nitrogens with one attached hydrogen (secondary N) is 1. The average Bonchev–Trinajstić information content (AvgIpc) is 2.78. The van der Waals surface area contributed by atoms with E-state index in [0.717, 1.165) is 19.3 Å². The Balaban J connectivity index is 1.63. The maximum Gasteiger partial charge on any atom is 0.251 e. The lowest BCUT2D eigenvalue weighted by molar-refractivity contribution is 0.0953. The topological polar surface area (TPSA) is 101 Å². The molecule has 0 atom stereocenters. The van der Waals surface area contributed by atoms with Crippen molar-refractivity contribution in [2.24, 2.45) is 0 Å². The smallest absolute Gasteiger partial charge is 0.251 e. The molecule has 0 spiro atoms. The van der Waals surface area contributed by atoms with Crippen molar-refractivity contribution in [3.8, 4) is 0 Å². The van der Waals surface area contributed by atoms with Crippen molar-refractivity contribution in [1.82, 2.24) is 9.62 Å². The van der Waals surface area contributed by atoms with Gasteiger partial charge in [-0.15, -0.1) is 0 Å². The summed E-state index contributed by atoms with van der Waals surface area (Å²) >= 11 is 6.14. The van der Waals surface area contributed by atoms with Crippen LogP contribution in [0.5, 0.6) is 0 Å². The lowest BCUT2D eigenvalue weighted by Crippen LogP contribution is -2.36. The highest BCUT2D eigenvalue weighted by Crippen LogP contribution is 2.28. The van der Waals surface area contributed by atoms with Gasteiger partial charge < -0.3 is 5.32 Å². The molecule has 3 rings (SSSR count). The molecule has 2 aromatic carbocycles. The summed E-state index contributed by atoms with van der Waals surface area (Å²) < 4.78 is 51.8. The maximum atomic E-state index is 12.9. The summed E-state index contributed by atoms with van der Waals surface area (Å²) in [4.78, 5) is 12.6. The molecule has 1 amide bonds. The van der Waals surface area contributed by atoms with Crippen molar-refractivity contribution in [3.05, 3.63) is 59.1 Å². The molecule has 1 aliphatic rings. The summed E-state index contributed by atoms with van der Waals surface area (Å²) in [7, 11) is -7.20. The summed E-state index contributed by atoms with van der Waals surface area (Å²) in [6, 6.07) is 12.3. The second-order valence-electron chi connectivity index (χ2n) is 7.35. The number of sulfonamides is 1. The van der Waals surface area contributed by atoms with Crippen LogP contribution in [-0.2, 0) is 19.9 Å². The first-order valence-corrected chi connectivity index (χ1v) is 13.5. The van der Waals surface area contributed by atoms with Crippen LogP contribution in [0.3, 0.4) is 0 Å². The zero-order valence-corrected chi connectivity index (χ0v) is 19.3. The first-order valence-electron chi connectivity index (χ1n) is 10.1. The third-order valence-corrected chi connectivity index (χ3v) is 9.30. The molecule has 2 aromatic rings. The van der Waals surface area contributed by atoms with Crippen LogP contribution in [0, 0.1) is 0 Å². The SMILES string of the molecule is O=C(NCCCS(=O)(=O)c1ccccc1)c1ccc(Cl)c(S(=O)(=O)N2CCCCC2)c1. The summed E-state index contributed by atoms with van der Waals surface area (Å²) in [5, 5.41) is 2.71. The Morgan fingerprint density at radius 3 is 2.32 bits per heavy atom. The first-order chi connectivity index (χ1) is 14.7. The molecule has 0 unspecified atom stereocenters. The molecule has 168 valence electrons. The summed E-state index contributed by atoms with van der Waals surface area (Å²) in [6.45, 7) is 1.01. The average molecular weight is 485 g/mol. The second-order valence-corrected chi connectivity index (χ2v) is 11.8. The van der Waals surface area contributed by atoms with Crippen LogP contribution < -0.4 is 5.32 Å². The van der Waals surface area contributed by atoms with Gasteiger partial charge in [-0.25, -0.2) is 16.8 Å². The van der Waals surface area contributed by atoms with Gasteiger partial charge >= 0.3 is 0 Å². The van der Waals surface area contributed by atoms with E-state index in [-0.39, 0.29) is 39.1 Å². The van der Waals surface area contributed by atoms with E-state index in [2.05, 4.69) is 5.32 Å². The third kappa shape index (κ3) is 5.85. The quantitative estimate of drug-likeness (QED) is 0.580. The zero-order valence-electron chi connectivity index (χ0n) is 17.0. The van der Waals surface area contributed by atoms with E-state index in [9.17, 15) is 21.6 Å². The minimum absolute atomic E-state index is 0.0658. The van der Waals surface area contributed by atoms with E-state index in [1.54, 1.807) is 18.2 Å². The van der Waals surface area contributed by atoms with Crippen LogP contribution in [-0.4, -0.2) is 52.4 Å². The molecular formula is C21H25ClN2O5S2. The Bertz CT molecular complexity index is 1130. The molecule has 0 bridgehead atoms. The minimum Gasteiger partial charge on any atom is -0.352 e. The standard InChI is InChI=1S/C21H25ClN2O5S2/c22-19-11-10-17(16-20(19)31(28,29)24-13-5-2-6-14-24)21(25)23-12-7-15-30(26,27)18-8-3-1-4-9-18/h1,3-4,8-11,16H,2,5-7,12-15H2,(H,23,25). The molecule has 10 heteroatoms. The van der Waals surface area contributed by atoms with Crippen LogP contribution in [0.2, 0.25) is 5.02 Å². The Morgan fingerprint density at radius 1 is 0.968 bits per heavy atom. The van der Waals surface area contributed by atoms with Crippen LogP contribution in [0.1, 0.15) is 36.0 Å². The normalized spacial score (nSPS) is 15.5. The van der Waals surface area contributed by atoms with Gasteiger partial charge in [0.2, 0.25) is 10.0 Å². The van der Waals surface area contributed by atoms with Gasteiger partial charge in [-0.1, -0.05) is 36.2 Å². The van der Waals surface area contributed by atoms with Gasteiger partial charge in [0.25, 0.3) is 5.91 Å². The molecule has 1 heterocycles. The van der Waals surface area contributed by atoms with E-state index in [1.807, 2.05) is 0 Å². The van der Waals surface area contributed by atoms with Crippen LogP contribution >= 0.6 is 11.6 Å². The van der Waals surface area contributed by atoms with E-state index in [1.165, 1.54) is 34.6 Å². The highest BCUT2D eigenvalue weighted by molar-refractivity contribution is 7.91. The largest absolute Gasteiger partial charge is 0.352 e. The number of benzene rings is 2. The fourth-order valence-corrected chi connectivity index (χ4v) is 6.75. The van der Waals surface area contributed by atoms with E-state index in [0.29, 0.717) is 13.1 Å². The highest BCUT2D eigenvalue weighted by atomic mass is 35.5. The monoisotopic (exact) mass is 484 g/mol. The summed E-state index contributed by atoms with van der Waals surface area (Å²) in [5.74, 6) is -0.587. The predicted molar refractivity (Wildman–Crippen MR) is 120 cm³/mol. The Hall–Kier alpha value is -1.94. The number of carbonyl (C=O) groups is 1. The number of rotatable bonds is 8. The van der Waals surface area contributed by atoms with Gasteiger partial charge in [0.15, 0.2) is 9.84 Å². The highest BCUT2D eigenvalue weighted by Gasteiger charge is 2.28. The van der Waals surface area contributed by atoms with Crippen molar-refractivity contribution < 1.29 is 21.6 Å². The molecule has 1 aliphatic heterocycles. The number of nitrogens with zero attached hydrogens (tertiary/aromatic N) is 1. The number of hydrogen-bond acceptors (Lipinski definition) is 5. The maximum absolute atomic E-state index is 12.9. The van der Waals surface area contributed by atoms with E-state index < -0.39 is 25.8 Å². The number of amides is 1. The fourth-order valence-electron chi connectivity index (χ4n) is 3.40. The number of sulfone groups is 1. The molecule has 1 saturated heterocycles. The molecule has 0 aromatic heterocycles. The lowest BCUT2D eigenvalue weighted by Gasteiger charge is -2.26. The third-order valence-electron chi connectivity index (χ3n) is 5.10. The van der Waals surface area contributed by atoms with Crippen molar-refractivity contribution in [2.45, 2.75) is 35.5 Å². The first kappa shape index (κ1) is 23.7. The van der Waals surface area contributed by atoms with Gasteiger partial charge in [0.1, 0.15) is 4.90 Å². The van der Waals surface area contributed by atoms with Crippen LogP contribution in [0.25, 0.3) is 0 Å². The Morgan fingerprint density at radius 2 is 1.65 bits per heavy atom. The van der Waals surface area contributed by atoms with Gasteiger partial charge in [-0.2, -0.15) is 4.31 Å². The molecular weight excluding hydrogens is 460 g/mol. The Kier molecular flexibility index (Phi) is 7.74. The molecule has 0 aliphatic carbocycles. The van der Waals surface area contributed by atoms with Crippen LogP contribution in [0.15, 0.2) is 58.3 Å². The molecule has 31 heavy (non-hydrogen) atoms. The number of piperidine rings is 1. The number of carbonyl (C=O) groups excluding carboxylic acids is 1. The molecule has 1 fully saturated rings. The van der Waals surface area contributed by atoms with Gasteiger partial charge in [0.05, 0.1) is 15.7 Å². The van der Waals surface area contributed by atoms with Crippen molar-refractivity contribution >= 4 is 37.4 Å². The van der Waals surface area contributed by atoms with Crippen molar-refractivity contribution in [2.75, 3.05) is 25.4 Å². The van der Waals surface area contributed by atoms with Crippen LogP contribution in [0.4, 0.5) is 0 Å². The summed E-state index contributed by atoms with van der Waals surface area (Å²) in [6.07, 6.45) is 2.81. The minimum atomic E-state index is -3.78. The predicted octanol–water partition coefficient (Wildman–Crippen LogP) is 3.11. The molecule has 0 radical (unpaired) electrons. The van der Waals surface area contributed by atoms with Gasteiger partial charge in [-0.05, 0) is 49.6 Å². The summed E-state index contributed by atoms with van der Waals surface area (Å²) in [5.41, 5.74) is 0.158. The molecule has 7 nitrogen and oxygen atoms in total. The zero-order chi connectivity index (χ0) is 22.5. The van der Waals surface area contributed by atoms with Crippen molar-refractivity contribution in [1.29, 1.82) is 0 Å². The van der Waals surface area contributed by atoms with Gasteiger partial charge in [0, 0.05) is 25.2 Å². The number of halogens is 1. The van der Waals surface area contributed by atoms with E-state index >= 15 is 0 Å². The second kappa shape index (κ2) is 10.1.